The molecule has 0 bridgehead atoms. The smallest absolute Gasteiger partial charge is 0.317 e. The van der Waals surface area contributed by atoms with Crippen LogP contribution in [0.25, 0.3) is 0 Å². The predicted octanol–water partition coefficient (Wildman–Crippen LogP) is 0.758. The number of carbonyl (C=O) groups excluding carboxylic acids is 1. The standard InChI is InChI=1S/C8H14F2N2O3/c1-12(4-2-3-7(13)14)8(15)11-5-6(9)10/h6H,2-5H2,1H3,(H,11,15)(H,13,14). The summed E-state index contributed by atoms with van der Waals surface area (Å²) in [4.78, 5) is 22.4. The molecule has 0 aliphatic heterocycles. The average Bonchev–Trinajstić information content (AvgIpc) is 2.13. The largest absolute Gasteiger partial charge is 0.481 e. The Hall–Kier alpha value is -1.40. The number of halogens is 2. The molecule has 2 N–H and O–H groups in total. The number of urea groups is 1. The molecule has 5 nitrogen and oxygen atoms in total. The number of alkyl halides is 2. The molecule has 0 aliphatic carbocycles. The van der Waals surface area contributed by atoms with Crippen molar-refractivity contribution >= 4 is 12.0 Å². The number of nitrogens with zero attached hydrogens (tertiary/aromatic N) is 1. The van der Waals surface area contributed by atoms with Crippen LogP contribution in [0.3, 0.4) is 0 Å². The van der Waals surface area contributed by atoms with Gasteiger partial charge in [-0.1, -0.05) is 0 Å². The second kappa shape index (κ2) is 6.97. The van der Waals surface area contributed by atoms with Gasteiger partial charge in [-0.05, 0) is 6.42 Å². The number of hydrogen-bond acceptors (Lipinski definition) is 2. The third kappa shape index (κ3) is 7.65. The summed E-state index contributed by atoms with van der Waals surface area (Å²) in [5, 5.41) is 10.3. The quantitative estimate of drug-likeness (QED) is 0.699. The summed E-state index contributed by atoms with van der Waals surface area (Å²) in [6, 6.07) is -0.624. The Kier molecular flexibility index (Phi) is 6.32. The van der Waals surface area contributed by atoms with Gasteiger partial charge in [-0.25, -0.2) is 13.6 Å². The number of amides is 2. The van der Waals surface area contributed by atoms with Crippen molar-refractivity contribution in [1.82, 2.24) is 10.2 Å². The highest BCUT2D eigenvalue weighted by molar-refractivity contribution is 5.73. The van der Waals surface area contributed by atoms with Gasteiger partial charge in [0, 0.05) is 20.0 Å². The number of rotatable bonds is 6. The summed E-state index contributed by atoms with van der Waals surface area (Å²) in [6.07, 6.45) is -2.33. The van der Waals surface area contributed by atoms with Crippen molar-refractivity contribution in [3.63, 3.8) is 0 Å². The Morgan fingerprint density at radius 3 is 2.53 bits per heavy atom. The molecule has 0 radical (unpaired) electrons. The van der Waals surface area contributed by atoms with E-state index < -0.39 is 25.0 Å². The lowest BCUT2D eigenvalue weighted by atomic mass is 10.3. The minimum atomic E-state index is -2.58. The number of carboxylic acids is 1. The molecule has 0 aromatic carbocycles. The van der Waals surface area contributed by atoms with Crippen molar-refractivity contribution in [2.75, 3.05) is 20.1 Å². The fourth-order valence-corrected chi connectivity index (χ4v) is 0.868. The monoisotopic (exact) mass is 224 g/mol. The van der Waals surface area contributed by atoms with E-state index in [1.165, 1.54) is 11.9 Å². The molecule has 0 aromatic heterocycles. The predicted molar refractivity (Wildman–Crippen MR) is 48.9 cm³/mol. The Morgan fingerprint density at radius 2 is 2.07 bits per heavy atom. The van der Waals surface area contributed by atoms with Gasteiger partial charge < -0.3 is 15.3 Å². The fourth-order valence-electron chi connectivity index (χ4n) is 0.868. The van der Waals surface area contributed by atoms with Crippen molar-refractivity contribution in [2.45, 2.75) is 19.3 Å². The highest BCUT2D eigenvalue weighted by Crippen LogP contribution is 1.94. The van der Waals surface area contributed by atoms with Gasteiger partial charge in [0.05, 0.1) is 6.54 Å². The van der Waals surface area contributed by atoms with E-state index in [1.807, 2.05) is 5.32 Å². The second-order valence-electron chi connectivity index (χ2n) is 3.00. The van der Waals surface area contributed by atoms with Crippen LogP contribution in [-0.2, 0) is 4.79 Å². The maximum Gasteiger partial charge on any atom is 0.317 e. The Balaban J connectivity index is 3.64. The third-order valence-corrected chi connectivity index (χ3v) is 1.64. The van der Waals surface area contributed by atoms with Crippen molar-refractivity contribution in [1.29, 1.82) is 0 Å². The zero-order chi connectivity index (χ0) is 11.8. The average molecular weight is 224 g/mol. The summed E-state index contributed by atoms with van der Waals surface area (Å²) in [6.45, 7) is -0.469. The Bertz CT molecular complexity index is 224. The molecule has 0 fully saturated rings. The topological polar surface area (TPSA) is 69.6 Å². The van der Waals surface area contributed by atoms with E-state index >= 15 is 0 Å². The molecule has 0 aromatic rings. The van der Waals surface area contributed by atoms with Gasteiger partial charge in [0.25, 0.3) is 6.43 Å². The molecule has 0 heterocycles. The van der Waals surface area contributed by atoms with Gasteiger partial charge in [-0.3, -0.25) is 4.79 Å². The normalized spacial score (nSPS) is 10.1. The van der Waals surface area contributed by atoms with Gasteiger partial charge in [0.2, 0.25) is 0 Å². The summed E-state index contributed by atoms with van der Waals surface area (Å²) in [7, 11) is 1.42. The van der Waals surface area contributed by atoms with Crippen LogP contribution in [-0.4, -0.2) is 48.6 Å². The van der Waals surface area contributed by atoms with Gasteiger partial charge in [0.15, 0.2) is 0 Å². The van der Waals surface area contributed by atoms with Crippen LogP contribution in [0.5, 0.6) is 0 Å². The zero-order valence-electron chi connectivity index (χ0n) is 8.37. The highest BCUT2D eigenvalue weighted by Gasteiger charge is 2.10. The van der Waals surface area contributed by atoms with E-state index in [-0.39, 0.29) is 13.0 Å². The van der Waals surface area contributed by atoms with Crippen LogP contribution in [0.2, 0.25) is 0 Å². The number of hydrogen-bond donors (Lipinski definition) is 2. The van der Waals surface area contributed by atoms with Gasteiger partial charge in [-0.2, -0.15) is 0 Å². The van der Waals surface area contributed by atoms with Crippen LogP contribution in [0.15, 0.2) is 0 Å². The molecular formula is C8H14F2N2O3. The van der Waals surface area contributed by atoms with Crippen molar-refractivity contribution in [2.24, 2.45) is 0 Å². The fraction of sp³-hybridized carbons (Fsp3) is 0.750. The second-order valence-corrected chi connectivity index (χ2v) is 3.00. The SMILES string of the molecule is CN(CCCC(=O)O)C(=O)NCC(F)F. The third-order valence-electron chi connectivity index (χ3n) is 1.64. The van der Waals surface area contributed by atoms with E-state index in [0.29, 0.717) is 6.42 Å². The number of carboxylic acid groups (broad SMARTS) is 1. The van der Waals surface area contributed by atoms with E-state index in [4.69, 9.17) is 5.11 Å². The molecule has 88 valence electrons. The van der Waals surface area contributed by atoms with E-state index in [1.54, 1.807) is 0 Å². The molecule has 0 atom stereocenters. The summed E-state index contributed by atoms with van der Waals surface area (Å²) in [5.41, 5.74) is 0. The lowest BCUT2D eigenvalue weighted by Crippen LogP contribution is -2.39. The van der Waals surface area contributed by atoms with Crippen molar-refractivity contribution in [3.05, 3.63) is 0 Å². The molecule has 15 heavy (non-hydrogen) atoms. The first-order valence-corrected chi connectivity index (χ1v) is 4.42. The van der Waals surface area contributed by atoms with Crippen LogP contribution < -0.4 is 5.32 Å². The first kappa shape index (κ1) is 13.6. The number of aliphatic carboxylic acids is 1. The summed E-state index contributed by atoms with van der Waals surface area (Å²) in [5.74, 6) is -0.948. The van der Waals surface area contributed by atoms with E-state index in [9.17, 15) is 18.4 Å². The lowest BCUT2D eigenvalue weighted by Gasteiger charge is -2.17. The first-order valence-electron chi connectivity index (χ1n) is 4.42. The minimum Gasteiger partial charge on any atom is -0.481 e. The molecule has 0 spiro atoms. The number of carbonyl (C=O) groups is 2. The van der Waals surface area contributed by atoms with E-state index in [2.05, 4.69) is 0 Å². The van der Waals surface area contributed by atoms with Crippen LogP contribution in [0, 0.1) is 0 Å². The Morgan fingerprint density at radius 1 is 1.47 bits per heavy atom. The molecular weight excluding hydrogens is 210 g/mol. The molecule has 0 rings (SSSR count). The molecule has 0 saturated carbocycles. The van der Waals surface area contributed by atoms with Gasteiger partial charge in [0.1, 0.15) is 0 Å². The highest BCUT2D eigenvalue weighted by atomic mass is 19.3. The van der Waals surface area contributed by atoms with Gasteiger partial charge in [-0.15, -0.1) is 0 Å². The lowest BCUT2D eigenvalue weighted by molar-refractivity contribution is -0.137. The number of nitrogens with one attached hydrogen (secondary N) is 1. The maximum absolute atomic E-state index is 11.7. The van der Waals surface area contributed by atoms with Crippen molar-refractivity contribution < 1.29 is 23.5 Å². The zero-order valence-corrected chi connectivity index (χ0v) is 8.37. The summed E-state index contributed by atoms with van der Waals surface area (Å²) >= 11 is 0. The molecule has 0 aliphatic rings. The maximum atomic E-state index is 11.7. The molecule has 0 unspecified atom stereocenters. The first-order chi connectivity index (χ1) is 6.93. The Labute approximate surface area is 86.1 Å². The molecule has 7 heteroatoms. The summed E-state index contributed by atoms with van der Waals surface area (Å²) < 4.78 is 23.4. The van der Waals surface area contributed by atoms with E-state index in [0.717, 1.165) is 0 Å². The van der Waals surface area contributed by atoms with Crippen LogP contribution in [0.4, 0.5) is 13.6 Å². The van der Waals surface area contributed by atoms with Crippen LogP contribution in [0.1, 0.15) is 12.8 Å². The molecule has 2 amide bonds. The molecule has 0 saturated heterocycles. The minimum absolute atomic E-state index is 0.0491. The van der Waals surface area contributed by atoms with Crippen molar-refractivity contribution in [3.8, 4) is 0 Å². The van der Waals surface area contributed by atoms with Crippen LogP contribution >= 0.6 is 0 Å². The van der Waals surface area contributed by atoms with Gasteiger partial charge >= 0.3 is 12.0 Å².